The maximum absolute atomic E-state index is 12.5. The van der Waals surface area contributed by atoms with Crippen molar-refractivity contribution in [2.45, 2.75) is 32.1 Å². The summed E-state index contributed by atoms with van der Waals surface area (Å²) in [5, 5.41) is 22.3. The van der Waals surface area contributed by atoms with E-state index in [-0.39, 0.29) is 17.4 Å². The van der Waals surface area contributed by atoms with Crippen molar-refractivity contribution in [1.82, 2.24) is 0 Å². The van der Waals surface area contributed by atoms with Crippen molar-refractivity contribution >= 4 is 22.2 Å². The molecule has 3 rings (SSSR count). The van der Waals surface area contributed by atoms with Crippen LogP contribution in [-0.4, -0.2) is 5.91 Å². The van der Waals surface area contributed by atoms with Crippen molar-refractivity contribution in [1.29, 1.82) is 10.5 Å². The summed E-state index contributed by atoms with van der Waals surface area (Å²) in [5.41, 5.74) is 1.49. The maximum atomic E-state index is 12.5. The summed E-state index contributed by atoms with van der Waals surface area (Å²) in [5.74, 6) is -0.0188. The fourth-order valence-corrected chi connectivity index (χ4v) is 4.21. The van der Waals surface area contributed by atoms with Crippen LogP contribution in [0.15, 0.2) is 30.3 Å². The highest BCUT2D eigenvalue weighted by atomic mass is 32.1. The molecule has 0 atom stereocenters. The van der Waals surface area contributed by atoms with Crippen LogP contribution in [-0.2, 0) is 4.79 Å². The van der Waals surface area contributed by atoms with Gasteiger partial charge in [-0.3, -0.25) is 4.79 Å². The molecule has 2 aromatic rings. The number of carbonyl (C=O) groups is 1. The van der Waals surface area contributed by atoms with Gasteiger partial charge in [0.25, 0.3) is 0 Å². The number of nitrogens with one attached hydrogen (secondary N) is 1. The highest BCUT2D eigenvalue weighted by Crippen LogP contribution is 2.40. The number of anilines is 1. The Morgan fingerprint density at radius 2 is 1.71 bits per heavy atom. The third-order valence-corrected chi connectivity index (χ3v) is 5.53. The van der Waals surface area contributed by atoms with E-state index in [1.807, 2.05) is 30.3 Å². The first-order chi connectivity index (χ1) is 11.7. The van der Waals surface area contributed by atoms with Crippen LogP contribution < -0.4 is 5.32 Å². The average molecular weight is 335 g/mol. The molecule has 1 fully saturated rings. The van der Waals surface area contributed by atoms with Gasteiger partial charge in [-0.05, 0) is 18.4 Å². The van der Waals surface area contributed by atoms with Gasteiger partial charge in [0, 0.05) is 5.92 Å². The number of nitrogens with zero attached hydrogens (tertiary/aromatic N) is 2. The quantitative estimate of drug-likeness (QED) is 0.885. The summed E-state index contributed by atoms with van der Waals surface area (Å²) < 4.78 is 0. The highest BCUT2D eigenvalue weighted by Gasteiger charge is 2.25. The van der Waals surface area contributed by atoms with Gasteiger partial charge in [-0.2, -0.15) is 10.5 Å². The summed E-state index contributed by atoms with van der Waals surface area (Å²) in [7, 11) is 0. The second-order valence-corrected chi connectivity index (χ2v) is 6.94. The first-order valence-electron chi connectivity index (χ1n) is 8.08. The highest BCUT2D eigenvalue weighted by molar-refractivity contribution is 7.20. The monoisotopic (exact) mass is 335 g/mol. The minimum absolute atomic E-state index is 0.0121. The second kappa shape index (κ2) is 7.29. The number of benzene rings is 1. The van der Waals surface area contributed by atoms with Gasteiger partial charge in [-0.25, -0.2) is 0 Å². The molecule has 5 heteroatoms. The van der Waals surface area contributed by atoms with Crippen molar-refractivity contribution in [2.75, 3.05) is 5.32 Å². The lowest BCUT2D eigenvalue weighted by atomic mass is 9.89. The fourth-order valence-electron chi connectivity index (χ4n) is 3.10. The second-order valence-electron chi connectivity index (χ2n) is 5.92. The van der Waals surface area contributed by atoms with Gasteiger partial charge in [0.1, 0.15) is 22.7 Å². The van der Waals surface area contributed by atoms with E-state index in [4.69, 9.17) is 0 Å². The van der Waals surface area contributed by atoms with Crippen molar-refractivity contribution in [3.63, 3.8) is 0 Å². The summed E-state index contributed by atoms with van der Waals surface area (Å²) in [6.45, 7) is 0. The molecule has 1 aliphatic carbocycles. The lowest BCUT2D eigenvalue weighted by molar-refractivity contribution is -0.120. The smallest absolute Gasteiger partial charge is 0.228 e. The zero-order chi connectivity index (χ0) is 16.9. The molecule has 24 heavy (non-hydrogen) atoms. The number of nitriles is 2. The molecule has 1 aliphatic rings. The zero-order valence-electron chi connectivity index (χ0n) is 13.2. The third-order valence-electron chi connectivity index (χ3n) is 4.38. The maximum Gasteiger partial charge on any atom is 0.228 e. The fraction of sp³-hybridized carbons (Fsp3) is 0.316. The van der Waals surface area contributed by atoms with Crippen LogP contribution in [0.25, 0.3) is 10.4 Å². The molecule has 0 aliphatic heterocycles. The van der Waals surface area contributed by atoms with Crippen LogP contribution in [0, 0.1) is 28.6 Å². The van der Waals surface area contributed by atoms with Crippen molar-refractivity contribution in [2.24, 2.45) is 5.92 Å². The molecule has 1 heterocycles. The molecule has 0 saturated heterocycles. The number of hydrogen-bond acceptors (Lipinski definition) is 4. The number of carbonyl (C=O) groups excluding carboxylic acids is 1. The molecular weight excluding hydrogens is 318 g/mol. The summed E-state index contributed by atoms with van der Waals surface area (Å²) in [6.07, 6.45) is 5.13. The van der Waals surface area contributed by atoms with Gasteiger partial charge >= 0.3 is 0 Å². The van der Waals surface area contributed by atoms with Gasteiger partial charge < -0.3 is 5.32 Å². The van der Waals surface area contributed by atoms with E-state index in [9.17, 15) is 15.3 Å². The van der Waals surface area contributed by atoms with Gasteiger partial charge in [0.15, 0.2) is 0 Å². The average Bonchev–Trinajstić information content (AvgIpc) is 3.00. The first-order valence-corrected chi connectivity index (χ1v) is 8.89. The Kier molecular flexibility index (Phi) is 4.93. The van der Waals surface area contributed by atoms with E-state index in [0.29, 0.717) is 10.6 Å². The van der Waals surface area contributed by atoms with Gasteiger partial charge in [-0.1, -0.05) is 49.6 Å². The van der Waals surface area contributed by atoms with Gasteiger partial charge in [-0.15, -0.1) is 11.3 Å². The lowest BCUT2D eigenvalue weighted by Gasteiger charge is -2.20. The molecule has 1 N–H and O–H groups in total. The number of rotatable bonds is 3. The minimum atomic E-state index is -0.0310. The Balaban J connectivity index is 1.94. The molecule has 0 unspecified atom stereocenters. The molecule has 1 aromatic heterocycles. The predicted octanol–water partition coefficient (Wildman–Crippen LogP) is 4.68. The van der Waals surface area contributed by atoms with Crippen molar-refractivity contribution in [3.8, 4) is 22.6 Å². The Hall–Kier alpha value is -2.63. The predicted molar refractivity (Wildman–Crippen MR) is 94.4 cm³/mol. The lowest BCUT2D eigenvalue weighted by Crippen LogP contribution is -2.24. The normalized spacial score (nSPS) is 14.6. The Morgan fingerprint density at radius 3 is 2.33 bits per heavy atom. The summed E-state index contributed by atoms with van der Waals surface area (Å²) >= 11 is 1.30. The van der Waals surface area contributed by atoms with E-state index in [2.05, 4.69) is 17.5 Å². The number of thiophene rings is 1. The van der Waals surface area contributed by atoms with E-state index in [1.54, 1.807) is 0 Å². The van der Waals surface area contributed by atoms with Crippen LogP contribution in [0.2, 0.25) is 0 Å². The molecule has 4 nitrogen and oxygen atoms in total. The number of hydrogen-bond donors (Lipinski definition) is 1. The van der Waals surface area contributed by atoms with Gasteiger partial charge in [0.2, 0.25) is 5.91 Å². The van der Waals surface area contributed by atoms with Crippen LogP contribution >= 0.6 is 11.3 Å². The van der Waals surface area contributed by atoms with Crippen molar-refractivity contribution in [3.05, 3.63) is 41.5 Å². The van der Waals surface area contributed by atoms with E-state index in [1.165, 1.54) is 17.8 Å². The number of amides is 1. The Labute approximate surface area is 145 Å². The molecule has 120 valence electrons. The summed E-state index contributed by atoms with van der Waals surface area (Å²) in [6, 6.07) is 13.7. The van der Waals surface area contributed by atoms with Crippen LogP contribution in [0.4, 0.5) is 5.00 Å². The molecule has 1 amide bonds. The molecule has 0 radical (unpaired) electrons. The Bertz CT molecular complexity index is 821. The van der Waals surface area contributed by atoms with Gasteiger partial charge in [0.05, 0.1) is 10.4 Å². The topological polar surface area (TPSA) is 76.7 Å². The first kappa shape index (κ1) is 16.2. The molecule has 1 aromatic carbocycles. The summed E-state index contributed by atoms with van der Waals surface area (Å²) in [4.78, 5) is 13.2. The molecule has 0 spiro atoms. The third kappa shape index (κ3) is 3.18. The standard InChI is InChI=1S/C19H17N3OS/c20-11-15-16(12-21)19(22-18(23)14-9-5-2-6-10-14)24-17(15)13-7-3-1-4-8-13/h1,3-4,7-8,14H,2,5-6,9-10H2,(H,22,23). The van der Waals surface area contributed by atoms with E-state index >= 15 is 0 Å². The molecule has 1 saturated carbocycles. The largest absolute Gasteiger partial charge is 0.316 e. The zero-order valence-corrected chi connectivity index (χ0v) is 14.0. The van der Waals surface area contributed by atoms with E-state index < -0.39 is 0 Å². The van der Waals surface area contributed by atoms with Crippen LogP contribution in [0.1, 0.15) is 43.2 Å². The SMILES string of the molecule is N#Cc1c(NC(=O)C2CCCCC2)sc(-c2ccccc2)c1C#N. The molecular formula is C19H17N3OS. The Morgan fingerprint density at radius 1 is 1.04 bits per heavy atom. The minimum Gasteiger partial charge on any atom is -0.316 e. The van der Waals surface area contributed by atoms with E-state index in [0.717, 1.165) is 36.1 Å². The van der Waals surface area contributed by atoms with Crippen LogP contribution in [0.5, 0.6) is 0 Å². The van der Waals surface area contributed by atoms with Crippen molar-refractivity contribution < 1.29 is 4.79 Å². The van der Waals surface area contributed by atoms with Crippen LogP contribution in [0.3, 0.4) is 0 Å². The molecule has 0 bridgehead atoms.